The Kier molecular flexibility index (Phi) is 6.34. The number of carbonyl (C=O) groups is 1. The van der Waals surface area contributed by atoms with Crippen LogP contribution in [0, 0.1) is 5.82 Å². The van der Waals surface area contributed by atoms with Crippen LogP contribution < -0.4 is 10.1 Å². The molecule has 0 saturated heterocycles. The van der Waals surface area contributed by atoms with Crippen molar-refractivity contribution >= 4 is 39.1 Å². The molecule has 7 nitrogen and oxygen atoms in total. The summed E-state index contributed by atoms with van der Waals surface area (Å²) in [4.78, 5) is 12.5. The van der Waals surface area contributed by atoms with E-state index < -0.39 is 11.7 Å². The van der Waals surface area contributed by atoms with Crippen LogP contribution in [0.4, 0.5) is 10.1 Å². The Hall–Kier alpha value is -3.17. The van der Waals surface area contributed by atoms with Crippen molar-refractivity contribution in [2.45, 2.75) is 13.3 Å². The van der Waals surface area contributed by atoms with Crippen LogP contribution in [0.2, 0.25) is 5.02 Å². The number of amides is 1. The van der Waals surface area contributed by atoms with E-state index in [2.05, 4.69) is 31.4 Å². The van der Waals surface area contributed by atoms with Gasteiger partial charge in [-0.05, 0) is 42.5 Å². The zero-order valence-corrected chi connectivity index (χ0v) is 18.3. The maximum atomic E-state index is 13.9. The van der Waals surface area contributed by atoms with E-state index in [1.807, 2.05) is 24.3 Å². The molecule has 0 spiro atoms. The standard InChI is InChI=1S/C21H16BrClFN5O2/c22-14-4-6-16(7-5-14)31-13-28-9-8-20(27-28)21(30)26-15-10-25-29(11-15)12-17-18(23)2-1-3-19(17)24/h1-11H,12-13H2,(H,26,30). The fraction of sp³-hybridized carbons (Fsp3) is 0.0952. The maximum absolute atomic E-state index is 13.9. The summed E-state index contributed by atoms with van der Waals surface area (Å²) in [6, 6.07) is 13.5. The van der Waals surface area contributed by atoms with Gasteiger partial charge < -0.3 is 10.1 Å². The van der Waals surface area contributed by atoms with Crippen LogP contribution in [0.3, 0.4) is 0 Å². The topological polar surface area (TPSA) is 74.0 Å². The van der Waals surface area contributed by atoms with Gasteiger partial charge in [0.25, 0.3) is 5.91 Å². The van der Waals surface area contributed by atoms with E-state index in [4.69, 9.17) is 16.3 Å². The number of aromatic nitrogens is 4. The third-order valence-corrected chi connectivity index (χ3v) is 5.21. The number of carbonyl (C=O) groups excluding carboxylic acids is 1. The minimum atomic E-state index is -0.413. The highest BCUT2D eigenvalue weighted by molar-refractivity contribution is 9.10. The molecule has 1 N–H and O–H groups in total. The first-order valence-electron chi connectivity index (χ1n) is 9.16. The van der Waals surface area contributed by atoms with Gasteiger partial charge in [-0.2, -0.15) is 10.2 Å². The first-order valence-corrected chi connectivity index (χ1v) is 10.3. The van der Waals surface area contributed by atoms with Gasteiger partial charge in [0, 0.05) is 27.5 Å². The van der Waals surface area contributed by atoms with E-state index in [0.717, 1.165) is 4.47 Å². The minimum absolute atomic E-state index is 0.142. The Morgan fingerprint density at radius 1 is 1.16 bits per heavy atom. The monoisotopic (exact) mass is 503 g/mol. The molecule has 0 atom stereocenters. The average Bonchev–Trinajstić information content (AvgIpc) is 3.40. The van der Waals surface area contributed by atoms with Crippen molar-refractivity contribution in [2.24, 2.45) is 0 Å². The second kappa shape index (κ2) is 9.32. The molecule has 0 radical (unpaired) electrons. The third kappa shape index (κ3) is 5.31. The Balaban J connectivity index is 1.35. The molecule has 2 aromatic carbocycles. The van der Waals surface area contributed by atoms with Gasteiger partial charge in [0.15, 0.2) is 12.4 Å². The van der Waals surface area contributed by atoms with Gasteiger partial charge in [0.2, 0.25) is 0 Å². The molecule has 0 aliphatic rings. The number of halogens is 3. The van der Waals surface area contributed by atoms with Crippen molar-refractivity contribution in [1.29, 1.82) is 0 Å². The van der Waals surface area contributed by atoms with E-state index in [1.54, 1.807) is 30.6 Å². The summed E-state index contributed by atoms with van der Waals surface area (Å²) in [5, 5.41) is 11.4. The van der Waals surface area contributed by atoms with E-state index in [9.17, 15) is 9.18 Å². The second-order valence-corrected chi connectivity index (χ2v) is 7.87. The highest BCUT2D eigenvalue weighted by Crippen LogP contribution is 2.20. The van der Waals surface area contributed by atoms with E-state index in [0.29, 0.717) is 22.0 Å². The van der Waals surface area contributed by atoms with Crippen LogP contribution in [-0.4, -0.2) is 25.5 Å². The molecule has 0 aliphatic heterocycles. The highest BCUT2D eigenvalue weighted by Gasteiger charge is 2.13. The van der Waals surface area contributed by atoms with Gasteiger partial charge in [-0.15, -0.1) is 0 Å². The number of hydrogen-bond donors (Lipinski definition) is 1. The summed E-state index contributed by atoms with van der Waals surface area (Å²) in [5.74, 6) is -0.123. The van der Waals surface area contributed by atoms with Crippen LogP contribution in [0.15, 0.2) is 71.6 Å². The van der Waals surface area contributed by atoms with Crippen molar-refractivity contribution < 1.29 is 13.9 Å². The first kappa shape index (κ1) is 21.1. The molecule has 4 rings (SSSR count). The Morgan fingerprint density at radius 2 is 1.97 bits per heavy atom. The molecule has 2 heterocycles. The fourth-order valence-electron chi connectivity index (χ4n) is 2.78. The van der Waals surface area contributed by atoms with Gasteiger partial charge >= 0.3 is 0 Å². The number of benzene rings is 2. The summed E-state index contributed by atoms with van der Waals surface area (Å²) >= 11 is 9.42. The largest absolute Gasteiger partial charge is 0.471 e. The number of nitrogens with one attached hydrogen (secondary N) is 1. The van der Waals surface area contributed by atoms with Gasteiger partial charge in [0.05, 0.1) is 18.4 Å². The molecule has 31 heavy (non-hydrogen) atoms. The maximum Gasteiger partial charge on any atom is 0.276 e. The highest BCUT2D eigenvalue weighted by atomic mass is 79.9. The average molecular weight is 505 g/mol. The number of rotatable bonds is 7. The molecule has 0 bridgehead atoms. The molecule has 158 valence electrons. The molecule has 0 aliphatic carbocycles. The zero-order chi connectivity index (χ0) is 21.8. The van der Waals surface area contributed by atoms with Crippen molar-refractivity contribution in [2.75, 3.05) is 5.32 Å². The molecule has 4 aromatic rings. The van der Waals surface area contributed by atoms with Crippen LogP contribution >= 0.6 is 27.5 Å². The molecule has 10 heteroatoms. The molecule has 1 amide bonds. The smallest absolute Gasteiger partial charge is 0.276 e. The lowest BCUT2D eigenvalue weighted by atomic mass is 10.2. The van der Waals surface area contributed by atoms with E-state index in [1.165, 1.54) is 21.6 Å². The van der Waals surface area contributed by atoms with Crippen molar-refractivity contribution in [3.63, 3.8) is 0 Å². The molecule has 0 unspecified atom stereocenters. The number of anilines is 1. The lowest BCUT2D eigenvalue weighted by molar-refractivity contribution is 0.102. The Labute approximate surface area is 190 Å². The second-order valence-electron chi connectivity index (χ2n) is 6.55. The van der Waals surface area contributed by atoms with Crippen LogP contribution in [0.5, 0.6) is 5.75 Å². The summed E-state index contributed by atoms with van der Waals surface area (Å²) in [6.07, 6.45) is 4.71. The van der Waals surface area contributed by atoms with Gasteiger partial charge in [-0.25, -0.2) is 9.07 Å². The molecule has 2 aromatic heterocycles. The van der Waals surface area contributed by atoms with Gasteiger partial charge in [-0.3, -0.25) is 9.48 Å². The van der Waals surface area contributed by atoms with E-state index in [-0.39, 0.29) is 19.0 Å². The molecular weight excluding hydrogens is 489 g/mol. The molecule has 0 fully saturated rings. The van der Waals surface area contributed by atoms with Crippen molar-refractivity contribution in [1.82, 2.24) is 19.6 Å². The Bertz CT molecular complexity index is 1190. The van der Waals surface area contributed by atoms with Crippen molar-refractivity contribution in [3.8, 4) is 5.75 Å². The summed E-state index contributed by atoms with van der Waals surface area (Å²) in [5.41, 5.74) is 1.01. The fourth-order valence-corrected chi connectivity index (χ4v) is 3.27. The lowest BCUT2D eigenvalue weighted by Crippen LogP contribution is -2.14. The quantitative estimate of drug-likeness (QED) is 0.386. The van der Waals surface area contributed by atoms with Crippen LogP contribution in [0.25, 0.3) is 0 Å². The van der Waals surface area contributed by atoms with E-state index >= 15 is 0 Å². The first-order chi connectivity index (χ1) is 15.0. The summed E-state index contributed by atoms with van der Waals surface area (Å²) < 4.78 is 23.5. The zero-order valence-electron chi connectivity index (χ0n) is 16.0. The predicted octanol–water partition coefficient (Wildman–Crippen LogP) is 4.97. The van der Waals surface area contributed by atoms with Gasteiger partial charge in [0.1, 0.15) is 11.6 Å². The Morgan fingerprint density at radius 3 is 2.74 bits per heavy atom. The minimum Gasteiger partial charge on any atom is -0.471 e. The molecular formula is C21H16BrClFN5O2. The van der Waals surface area contributed by atoms with Crippen LogP contribution in [-0.2, 0) is 13.3 Å². The molecule has 0 saturated carbocycles. The number of ether oxygens (including phenoxy) is 1. The number of hydrogen-bond acceptors (Lipinski definition) is 4. The lowest BCUT2D eigenvalue weighted by Gasteiger charge is -2.06. The van der Waals surface area contributed by atoms with Crippen molar-refractivity contribution in [3.05, 3.63) is 93.7 Å². The van der Waals surface area contributed by atoms with Gasteiger partial charge in [-0.1, -0.05) is 33.6 Å². The number of nitrogens with zero attached hydrogens (tertiary/aromatic N) is 4. The van der Waals surface area contributed by atoms with Crippen LogP contribution in [0.1, 0.15) is 16.1 Å². The normalized spacial score (nSPS) is 10.8. The SMILES string of the molecule is O=C(Nc1cnn(Cc2c(F)cccc2Cl)c1)c1ccn(COc2ccc(Br)cc2)n1. The summed E-state index contributed by atoms with van der Waals surface area (Å²) in [6.45, 7) is 0.305. The predicted molar refractivity (Wildman–Crippen MR) is 118 cm³/mol. The summed E-state index contributed by atoms with van der Waals surface area (Å²) in [7, 11) is 0. The third-order valence-electron chi connectivity index (χ3n) is 4.32.